The number of amides is 2. The number of aromatic nitrogens is 2. The third kappa shape index (κ3) is 3.23. The van der Waals surface area contributed by atoms with Gasteiger partial charge in [-0.25, -0.2) is 4.79 Å². The minimum Gasteiger partial charge on any atom is -0.324 e. The molecular weight excluding hydrogens is 260 g/mol. The Labute approximate surface area is 117 Å². The first kappa shape index (κ1) is 12.8. The van der Waals surface area contributed by atoms with Crippen LogP contribution >= 0.6 is 11.3 Å². The van der Waals surface area contributed by atoms with Crippen molar-refractivity contribution < 1.29 is 4.79 Å². The van der Waals surface area contributed by atoms with E-state index in [4.69, 9.17) is 0 Å². The quantitative estimate of drug-likeness (QED) is 0.926. The molecule has 2 aliphatic rings. The standard InChI is InChI=1S/C13H20N4OS/c18-13(17-7-3-4-8-17)14-12-16-15-11(19-12)9-10-5-1-2-6-10/h10H,1-9H2,(H,14,16,18). The molecule has 1 aliphatic heterocycles. The number of nitrogens with zero attached hydrogens (tertiary/aromatic N) is 3. The van der Waals surface area contributed by atoms with Gasteiger partial charge in [-0.2, -0.15) is 0 Å². The first-order valence-corrected chi connectivity index (χ1v) is 8.01. The highest BCUT2D eigenvalue weighted by molar-refractivity contribution is 7.15. The highest BCUT2D eigenvalue weighted by Gasteiger charge is 2.20. The molecule has 104 valence electrons. The third-order valence-corrected chi connectivity index (χ3v) is 4.87. The SMILES string of the molecule is O=C(Nc1nnc(CC2CCCC2)s1)N1CCCC1. The summed E-state index contributed by atoms with van der Waals surface area (Å²) in [4.78, 5) is 13.8. The molecule has 0 spiro atoms. The van der Waals surface area contributed by atoms with E-state index in [1.165, 1.54) is 37.0 Å². The Morgan fingerprint density at radius 1 is 1.21 bits per heavy atom. The molecule has 1 N–H and O–H groups in total. The number of urea groups is 1. The van der Waals surface area contributed by atoms with Gasteiger partial charge in [-0.3, -0.25) is 5.32 Å². The summed E-state index contributed by atoms with van der Waals surface area (Å²) in [7, 11) is 0. The van der Waals surface area contributed by atoms with E-state index in [0.717, 1.165) is 43.3 Å². The summed E-state index contributed by atoms with van der Waals surface area (Å²) in [5.74, 6) is 0.773. The highest BCUT2D eigenvalue weighted by atomic mass is 32.1. The summed E-state index contributed by atoms with van der Waals surface area (Å²) in [6.07, 6.45) is 8.57. The van der Waals surface area contributed by atoms with Crippen LogP contribution in [0.15, 0.2) is 0 Å². The van der Waals surface area contributed by atoms with E-state index in [1.54, 1.807) is 0 Å². The number of anilines is 1. The van der Waals surface area contributed by atoms with Crippen LogP contribution in [0, 0.1) is 5.92 Å². The van der Waals surface area contributed by atoms with Gasteiger partial charge in [0.25, 0.3) is 0 Å². The lowest BCUT2D eigenvalue weighted by molar-refractivity contribution is 0.222. The maximum absolute atomic E-state index is 11.9. The van der Waals surface area contributed by atoms with E-state index in [2.05, 4.69) is 15.5 Å². The van der Waals surface area contributed by atoms with E-state index < -0.39 is 0 Å². The average molecular weight is 280 g/mol. The molecule has 2 amide bonds. The van der Waals surface area contributed by atoms with Crippen molar-refractivity contribution in [1.29, 1.82) is 0 Å². The number of carbonyl (C=O) groups is 1. The summed E-state index contributed by atoms with van der Waals surface area (Å²) in [6.45, 7) is 1.72. The minimum absolute atomic E-state index is 0.0268. The topological polar surface area (TPSA) is 58.1 Å². The molecule has 1 aliphatic carbocycles. The Morgan fingerprint density at radius 2 is 1.95 bits per heavy atom. The molecule has 6 heteroatoms. The summed E-state index contributed by atoms with van der Waals surface area (Å²) in [6, 6.07) is -0.0268. The molecule has 0 aromatic carbocycles. The Bertz CT molecular complexity index is 436. The van der Waals surface area contributed by atoms with Crippen molar-refractivity contribution in [1.82, 2.24) is 15.1 Å². The number of rotatable bonds is 3. The van der Waals surface area contributed by atoms with Crippen LogP contribution in [0.5, 0.6) is 0 Å². The van der Waals surface area contributed by atoms with Crippen LogP contribution in [-0.4, -0.2) is 34.2 Å². The van der Waals surface area contributed by atoms with Gasteiger partial charge in [0.05, 0.1) is 0 Å². The van der Waals surface area contributed by atoms with Crippen LogP contribution in [-0.2, 0) is 6.42 Å². The molecule has 19 heavy (non-hydrogen) atoms. The van der Waals surface area contributed by atoms with E-state index in [9.17, 15) is 4.79 Å². The van der Waals surface area contributed by atoms with Crippen LogP contribution in [0.4, 0.5) is 9.93 Å². The van der Waals surface area contributed by atoms with Crippen molar-refractivity contribution in [3.8, 4) is 0 Å². The second-order valence-corrected chi connectivity index (χ2v) is 6.54. The normalized spacial score (nSPS) is 20.1. The molecule has 5 nitrogen and oxygen atoms in total. The average Bonchev–Trinajstić information content (AvgIpc) is 3.10. The maximum Gasteiger partial charge on any atom is 0.323 e. The number of carbonyl (C=O) groups excluding carboxylic acids is 1. The third-order valence-electron chi connectivity index (χ3n) is 4.01. The highest BCUT2D eigenvalue weighted by Crippen LogP contribution is 2.29. The fourth-order valence-corrected chi connectivity index (χ4v) is 3.78. The first-order valence-electron chi connectivity index (χ1n) is 7.19. The molecule has 1 saturated heterocycles. The van der Waals surface area contributed by atoms with Gasteiger partial charge < -0.3 is 4.90 Å². The van der Waals surface area contributed by atoms with Crippen molar-refractivity contribution in [2.24, 2.45) is 5.92 Å². The van der Waals surface area contributed by atoms with Gasteiger partial charge in [-0.05, 0) is 18.8 Å². The first-order chi connectivity index (χ1) is 9.31. The molecule has 2 fully saturated rings. The number of hydrogen-bond acceptors (Lipinski definition) is 4. The van der Waals surface area contributed by atoms with Crippen molar-refractivity contribution in [2.75, 3.05) is 18.4 Å². The zero-order valence-electron chi connectivity index (χ0n) is 11.1. The van der Waals surface area contributed by atoms with Crippen LogP contribution < -0.4 is 5.32 Å². The Hall–Kier alpha value is -1.17. The predicted octanol–water partition coefficient (Wildman–Crippen LogP) is 2.90. The maximum atomic E-state index is 11.9. The van der Waals surface area contributed by atoms with Crippen molar-refractivity contribution in [3.63, 3.8) is 0 Å². The molecule has 0 radical (unpaired) electrons. The molecule has 0 bridgehead atoms. The van der Waals surface area contributed by atoms with Crippen LogP contribution in [0.1, 0.15) is 43.5 Å². The smallest absolute Gasteiger partial charge is 0.323 e. The zero-order chi connectivity index (χ0) is 13.1. The molecule has 1 aromatic rings. The predicted molar refractivity (Wildman–Crippen MR) is 75.4 cm³/mol. The molecule has 1 saturated carbocycles. The number of nitrogens with one attached hydrogen (secondary N) is 1. The monoisotopic (exact) mass is 280 g/mol. The van der Waals surface area contributed by atoms with E-state index >= 15 is 0 Å². The zero-order valence-corrected chi connectivity index (χ0v) is 11.9. The molecule has 3 rings (SSSR count). The van der Waals surface area contributed by atoms with Crippen molar-refractivity contribution in [3.05, 3.63) is 5.01 Å². The van der Waals surface area contributed by atoms with Gasteiger partial charge in [0.2, 0.25) is 5.13 Å². The summed E-state index contributed by atoms with van der Waals surface area (Å²) < 4.78 is 0. The summed E-state index contributed by atoms with van der Waals surface area (Å²) >= 11 is 1.53. The summed E-state index contributed by atoms with van der Waals surface area (Å²) in [5.41, 5.74) is 0. The molecular formula is C13H20N4OS. The lowest BCUT2D eigenvalue weighted by atomic mass is 10.1. The van der Waals surface area contributed by atoms with Crippen LogP contribution in [0.3, 0.4) is 0 Å². The van der Waals surface area contributed by atoms with Gasteiger partial charge >= 0.3 is 6.03 Å². The fraction of sp³-hybridized carbons (Fsp3) is 0.769. The summed E-state index contributed by atoms with van der Waals surface area (Å²) in [5, 5.41) is 12.8. The van der Waals surface area contributed by atoms with Gasteiger partial charge in [0.15, 0.2) is 0 Å². The lowest BCUT2D eigenvalue weighted by Gasteiger charge is -2.14. The minimum atomic E-state index is -0.0268. The van der Waals surface area contributed by atoms with E-state index in [-0.39, 0.29) is 6.03 Å². The lowest BCUT2D eigenvalue weighted by Crippen LogP contribution is -2.32. The largest absolute Gasteiger partial charge is 0.324 e. The van der Waals surface area contributed by atoms with Crippen LogP contribution in [0.2, 0.25) is 0 Å². The fourth-order valence-electron chi connectivity index (χ4n) is 2.94. The van der Waals surface area contributed by atoms with Gasteiger partial charge in [0.1, 0.15) is 5.01 Å². The molecule has 2 heterocycles. The van der Waals surface area contributed by atoms with Gasteiger partial charge in [-0.15, -0.1) is 10.2 Å². The number of likely N-dealkylation sites (tertiary alicyclic amines) is 1. The Kier molecular flexibility index (Phi) is 3.96. The van der Waals surface area contributed by atoms with Gasteiger partial charge in [-0.1, -0.05) is 37.0 Å². The Balaban J connectivity index is 1.53. The van der Waals surface area contributed by atoms with Crippen molar-refractivity contribution >= 4 is 22.5 Å². The van der Waals surface area contributed by atoms with E-state index in [1.807, 2.05) is 4.90 Å². The molecule has 0 unspecified atom stereocenters. The molecule has 0 atom stereocenters. The number of hydrogen-bond donors (Lipinski definition) is 1. The second kappa shape index (κ2) is 5.86. The molecule has 1 aromatic heterocycles. The Morgan fingerprint density at radius 3 is 2.68 bits per heavy atom. The van der Waals surface area contributed by atoms with E-state index in [0.29, 0.717) is 5.13 Å². The van der Waals surface area contributed by atoms with Gasteiger partial charge in [0, 0.05) is 19.5 Å². The second-order valence-electron chi connectivity index (χ2n) is 5.48. The van der Waals surface area contributed by atoms with Crippen LogP contribution in [0.25, 0.3) is 0 Å². The van der Waals surface area contributed by atoms with Crippen molar-refractivity contribution in [2.45, 2.75) is 44.9 Å².